The van der Waals surface area contributed by atoms with Gasteiger partial charge in [-0.15, -0.1) is 0 Å². The summed E-state index contributed by atoms with van der Waals surface area (Å²) in [7, 11) is 0. The van der Waals surface area contributed by atoms with Crippen LogP contribution in [0.5, 0.6) is 5.75 Å². The van der Waals surface area contributed by atoms with E-state index < -0.39 is 0 Å². The average Bonchev–Trinajstić information content (AvgIpc) is 3.57. The van der Waals surface area contributed by atoms with Gasteiger partial charge in [-0.05, 0) is 66.5 Å². The molecule has 2 aliphatic heterocycles. The van der Waals surface area contributed by atoms with E-state index >= 15 is 0 Å². The average molecular weight is 443 g/mol. The number of nitrogens with zero attached hydrogens (tertiary/aromatic N) is 2. The lowest BCUT2D eigenvalue weighted by Gasteiger charge is -2.33. The smallest absolute Gasteiger partial charge is 0.251 e. The molecule has 1 atom stereocenters. The van der Waals surface area contributed by atoms with Crippen LogP contribution in [0.4, 0.5) is 0 Å². The summed E-state index contributed by atoms with van der Waals surface area (Å²) in [5.74, 6) is 1.71. The number of carbonyl (C=O) groups is 1. The van der Waals surface area contributed by atoms with Crippen molar-refractivity contribution in [2.75, 3.05) is 19.7 Å². The summed E-state index contributed by atoms with van der Waals surface area (Å²) >= 11 is 0. The summed E-state index contributed by atoms with van der Waals surface area (Å²) in [6, 6.07) is 17.2. The van der Waals surface area contributed by atoms with Crippen molar-refractivity contribution < 1.29 is 14.3 Å². The van der Waals surface area contributed by atoms with Crippen LogP contribution in [0.1, 0.15) is 50.1 Å². The molecule has 3 aromatic rings. The molecule has 0 radical (unpaired) electrons. The molecule has 0 unspecified atom stereocenters. The van der Waals surface area contributed by atoms with Gasteiger partial charge in [0.2, 0.25) is 0 Å². The van der Waals surface area contributed by atoms with Crippen molar-refractivity contribution in [2.24, 2.45) is 0 Å². The second-order valence-corrected chi connectivity index (χ2v) is 9.61. The summed E-state index contributed by atoms with van der Waals surface area (Å²) in [4.78, 5) is 19.1. The van der Waals surface area contributed by atoms with Crippen molar-refractivity contribution in [1.82, 2.24) is 9.88 Å². The number of hydrogen-bond donors (Lipinski definition) is 0. The number of hydrogen-bond acceptors (Lipinski definition) is 4. The normalized spacial score (nSPS) is 21.5. The van der Waals surface area contributed by atoms with Gasteiger partial charge in [-0.3, -0.25) is 9.78 Å². The van der Waals surface area contributed by atoms with E-state index in [1.165, 1.54) is 40.4 Å². The van der Waals surface area contributed by atoms with Crippen molar-refractivity contribution in [2.45, 2.75) is 56.7 Å². The van der Waals surface area contributed by atoms with Crippen molar-refractivity contribution >= 4 is 16.7 Å². The van der Waals surface area contributed by atoms with Crippen LogP contribution < -0.4 is 4.74 Å². The van der Waals surface area contributed by atoms with Crippen LogP contribution in [0, 0.1) is 0 Å². The van der Waals surface area contributed by atoms with Crippen LogP contribution in [-0.2, 0) is 9.53 Å². The molecule has 1 aliphatic carbocycles. The predicted molar refractivity (Wildman–Crippen MR) is 128 cm³/mol. The Kier molecular flexibility index (Phi) is 5.50. The first kappa shape index (κ1) is 20.7. The lowest BCUT2D eigenvalue weighted by molar-refractivity contribution is -0.142. The third-order valence-corrected chi connectivity index (χ3v) is 7.19. The van der Waals surface area contributed by atoms with Gasteiger partial charge >= 0.3 is 0 Å². The number of pyridine rings is 1. The number of aromatic nitrogens is 1. The Hall–Kier alpha value is -2.92. The molecule has 5 nitrogen and oxygen atoms in total. The molecule has 2 saturated heterocycles. The van der Waals surface area contributed by atoms with Crippen LogP contribution >= 0.6 is 0 Å². The fourth-order valence-electron chi connectivity index (χ4n) is 5.03. The highest BCUT2D eigenvalue weighted by molar-refractivity contribution is 5.87. The van der Waals surface area contributed by atoms with Gasteiger partial charge in [0.15, 0.2) is 0 Å². The fourth-order valence-corrected chi connectivity index (χ4v) is 5.03. The molecule has 33 heavy (non-hydrogen) atoms. The van der Waals surface area contributed by atoms with Gasteiger partial charge in [-0.2, -0.15) is 0 Å². The minimum absolute atomic E-state index is 0.151. The Morgan fingerprint density at radius 3 is 2.42 bits per heavy atom. The van der Waals surface area contributed by atoms with E-state index in [2.05, 4.69) is 53.5 Å². The molecular formula is C28H30N2O3. The van der Waals surface area contributed by atoms with E-state index in [0.29, 0.717) is 12.5 Å². The van der Waals surface area contributed by atoms with Crippen molar-refractivity contribution in [3.63, 3.8) is 0 Å². The van der Waals surface area contributed by atoms with Crippen LogP contribution in [-0.4, -0.2) is 47.7 Å². The summed E-state index contributed by atoms with van der Waals surface area (Å²) < 4.78 is 11.8. The number of ether oxygens (including phenoxy) is 2. The molecule has 3 fully saturated rings. The van der Waals surface area contributed by atoms with Crippen LogP contribution in [0.15, 0.2) is 54.7 Å². The maximum Gasteiger partial charge on any atom is 0.251 e. The summed E-state index contributed by atoms with van der Waals surface area (Å²) in [5, 5.41) is 2.45. The molecule has 3 aliphatic rings. The van der Waals surface area contributed by atoms with Gasteiger partial charge < -0.3 is 14.4 Å². The topological polar surface area (TPSA) is 51.7 Å². The number of fused-ring (bicyclic) bond motifs is 1. The molecule has 1 amide bonds. The molecule has 1 aromatic heterocycles. The molecule has 0 spiro atoms. The van der Waals surface area contributed by atoms with Crippen molar-refractivity contribution in [3.8, 4) is 16.9 Å². The Labute approximate surface area is 194 Å². The quantitative estimate of drug-likeness (QED) is 0.536. The molecule has 5 heteroatoms. The number of amides is 1. The fraction of sp³-hybridized carbons (Fsp3) is 0.429. The summed E-state index contributed by atoms with van der Waals surface area (Å²) in [6.07, 6.45) is 8.04. The Balaban J connectivity index is 1.08. The maximum absolute atomic E-state index is 12.5. The molecule has 6 rings (SSSR count). The third kappa shape index (κ3) is 4.47. The zero-order valence-electron chi connectivity index (χ0n) is 18.9. The molecule has 170 valence electrons. The SMILES string of the molecule is O=C([C@H]1CCCO1)N1CCC(Oc2ccc(-c3ccc4cnc(C5CC5)cc4c3)cc2)CC1. The Morgan fingerprint density at radius 2 is 1.70 bits per heavy atom. The zero-order chi connectivity index (χ0) is 22.2. The molecule has 0 bridgehead atoms. The van der Waals surface area contributed by atoms with Gasteiger partial charge in [-0.25, -0.2) is 0 Å². The van der Waals surface area contributed by atoms with Crippen molar-refractivity contribution in [1.29, 1.82) is 0 Å². The van der Waals surface area contributed by atoms with E-state index in [1.54, 1.807) is 0 Å². The van der Waals surface area contributed by atoms with Gasteiger partial charge in [0.05, 0.1) is 0 Å². The van der Waals surface area contributed by atoms with E-state index in [0.717, 1.165) is 44.5 Å². The predicted octanol–water partition coefficient (Wildman–Crippen LogP) is 5.33. The monoisotopic (exact) mass is 442 g/mol. The van der Waals surface area contributed by atoms with Gasteiger partial charge in [0, 0.05) is 55.7 Å². The maximum atomic E-state index is 12.5. The molecular weight excluding hydrogens is 412 g/mol. The van der Waals surface area contributed by atoms with E-state index in [-0.39, 0.29) is 18.1 Å². The highest BCUT2D eigenvalue weighted by atomic mass is 16.5. The van der Waals surface area contributed by atoms with E-state index in [1.807, 2.05) is 11.1 Å². The van der Waals surface area contributed by atoms with Crippen LogP contribution in [0.3, 0.4) is 0 Å². The Morgan fingerprint density at radius 1 is 0.909 bits per heavy atom. The highest BCUT2D eigenvalue weighted by Gasteiger charge is 2.31. The second kappa shape index (κ2) is 8.79. The highest BCUT2D eigenvalue weighted by Crippen LogP contribution is 2.40. The van der Waals surface area contributed by atoms with Gasteiger partial charge in [0.25, 0.3) is 5.91 Å². The number of piperidine rings is 1. The summed E-state index contributed by atoms with van der Waals surface area (Å²) in [5.41, 5.74) is 3.63. The first-order chi connectivity index (χ1) is 16.2. The van der Waals surface area contributed by atoms with Crippen LogP contribution in [0.25, 0.3) is 21.9 Å². The molecule has 3 heterocycles. The second-order valence-electron chi connectivity index (χ2n) is 9.61. The molecule has 0 N–H and O–H groups in total. The minimum atomic E-state index is -0.221. The molecule has 2 aromatic carbocycles. The molecule has 1 saturated carbocycles. The minimum Gasteiger partial charge on any atom is -0.490 e. The first-order valence-electron chi connectivity index (χ1n) is 12.3. The number of carbonyl (C=O) groups excluding carboxylic acids is 1. The van der Waals surface area contributed by atoms with Gasteiger partial charge in [0.1, 0.15) is 18.0 Å². The van der Waals surface area contributed by atoms with Gasteiger partial charge in [-0.1, -0.05) is 24.3 Å². The lowest BCUT2D eigenvalue weighted by Crippen LogP contribution is -2.45. The Bertz CT molecular complexity index is 1140. The van der Waals surface area contributed by atoms with E-state index in [4.69, 9.17) is 9.47 Å². The zero-order valence-corrected chi connectivity index (χ0v) is 18.9. The number of benzene rings is 2. The largest absolute Gasteiger partial charge is 0.490 e. The van der Waals surface area contributed by atoms with Crippen molar-refractivity contribution in [3.05, 3.63) is 60.4 Å². The standard InChI is InChI=1S/C28H30N2O3/c31-28(27-2-1-15-32-27)30-13-11-25(12-14-30)33-24-9-7-19(8-10-24)21-5-6-22-18-29-26(20-3-4-20)17-23(22)16-21/h5-10,16-18,20,25,27H,1-4,11-15H2/t27-/m1/s1. The van der Waals surface area contributed by atoms with E-state index in [9.17, 15) is 4.79 Å². The first-order valence-corrected chi connectivity index (χ1v) is 12.3. The third-order valence-electron chi connectivity index (χ3n) is 7.19. The number of rotatable bonds is 5. The number of likely N-dealkylation sites (tertiary alicyclic amines) is 1. The summed E-state index contributed by atoms with van der Waals surface area (Å²) in [6.45, 7) is 2.20. The lowest BCUT2D eigenvalue weighted by atomic mass is 10.0. The van der Waals surface area contributed by atoms with Crippen LogP contribution in [0.2, 0.25) is 0 Å².